The SMILES string of the molecule is Cc1ccccc1C(=O)NC1CCN(C(=O)c2cc([N+](=O)[O-])ccc2Cl)CC1. The summed E-state index contributed by atoms with van der Waals surface area (Å²) in [6.07, 6.45) is 1.21. The van der Waals surface area contributed by atoms with Crippen LogP contribution in [-0.4, -0.2) is 40.8 Å². The van der Waals surface area contributed by atoms with E-state index in [1.165, 1.54) is 18.2 Å². The van der Waals surface area contributed by atoms with Crippen LogP contribution in [0.3, 0.4) is 0 Å². The minimum atomic E-state index is -0.555. The maximum atomic E-state index is 12.7. The number of nitrogens with one attached hydrogen (secondary N) is 1. The molecule has 7 nitrogen and oxygen atoms in total. The van der Waals surface area contributed by atoms with Crippen molar-refractivity contribution in [3.05, 3.63) is 74.3 Å². The first-order valence-electron chi connectivity index (χ1n) is 8.96. The predicted octanol–water partition coefficient (Wildman–Crippen LogP) is 3.59. The summed E-state index contributed by atoms with van der Waals surface area (Å²) >= 11 is 6.07. The number of hydrogen-bond acceptors (Lipinski definition) is 4. The van der Waals surface area contributed by atoms with E-state index in [-0.39, 0.29) is 34.1 Å². The Morgan fingerprint density at radius 3 is 2.46 bits per heavy atom. The second kappa shape index (κ2) is 8.39. The lowest BCUT2D eigenvalue weighted by molar-refractivity contribution is -0.384. The number of nitro groups is 1. The van der Waals surface area contributed by atoms with Crippen LogP contribution in [0.5, 0.6) is 0 Å². The Morgan fingerprint density at radius 1 is 1.14 bits per heavy atom. The van der Waals surface area contributed by atoms with Crippen molar-refractivity contribution in [2.24, 2.45) is 0 Å². The molecule has 1 aliphatic heterocycles. The third-order valence-corrected chi connectivity index (χ3v) is 5.23. The summed E-state index contributed by atoms with van der Waals surface area (Å²) in [5.41, 5.74) is 1.50. The van der Waals surface area contributed by atoms with Gasteiger partial charge < -0.3 is 10.2 Å². The van der Waals surface area contributed by atoms with Crippen LogP contribution in [0.15, 0.2) is 42.5 Å². The minimum absolute atomic E-state index is 0.0308. The molecule has 0 spiro atoms. The molecule has 2 aromatic carbocycles. The fourth-order valence-electron chi connectivity index (χ4n) is 3.28. The Hall–Kier alpha value is -2.93. The molecular formula is C20H20ClN3O4. The summed E-state index contributed by atoms with van der Waals surface area (Å²) in [5.74, 6) is -0.456. The molecule has 2 amide bonds. The van der Waals surface area contributed by atoms with Crippen LogP contribution in [0.4, 0.5) is 5.69 Å². The molecule has 0 radical (unpaired) electrons. The molecule has 146 valence electrons. The fourth-order valence-corrected chi connectivity index (χ4v) is 3.48. The van der Waals surface area contributed by atoms with Crippen LogP contribution in [-0.2, 0) is 0 Å². The van der Waals surface area contributed by atoms with Crippen molar-refractivity contribution in [2.75, 3.05) is 13.1 Å². The first kappa shape index (κ1) is 19.8. The average molecular weight is 402 g/mol. The Balaban J connectivity index is 1.62. The van der Waals surface area contributed by atoms with E-state index in [4.69, 9.17) is 11.6 Å². The average Bonchev–Trinajstić information content (AvgIpc) is 2.68. The van der Waals surface area contributed by atoms with Crippen LogP contribution >= 0.6 is 11.6 Å². The Bertz CT molecular complexity index is 923. The van der Waals surface area contributed by atoms with Gasteiger partial charge in [-0.1, -0.05) is 29.8 Å². The highest BCUT2D eigenvalue weighted by atomic mass is 35.5. The number of amides is 2. The van der Waals surface area contributed by atoms with E-state index in [0.717, 1.165) is 5.56 Å². The zero-order valence-corrected chi connectivity index (χ0v) is 16.1. The molecule has 2 aromatic rings. The third kappa shape index (κ3) is 4.31. The molecule has 0 atom stereocenters. The highest BCUT2D eigenvalue weighted by Crippen LogP contribution is 2.25. The van der Waals surface area contributed by atoms with E-state index in [0.29, 0.717) is 31.5 Å². The largest absolute Gasteiger partial charge is 0.349 e. The van der Waals surface area contributed by atoms with Gasteiger partial charge in [0.05, 0.1) is 15.5 Å². The van der Waals surface area contributed by atoms with Gasteiger partial charge in [0, 0.05) is 36.8 Å². The van der Waals surface area contributed by atoms with Gasteiger partial charge in [-0.25, -0.2) is 0 Å². The number of nitrogens with zero attached hydrogens (tertiary/aromatic N) is 2. The fraction of sp³-hybridized carbons (Fsp3) is 0.300. The van der Waals surface area contributed by atoms with Crippen molar-refractivity contribution in [3.63, 3.8) is 0 Å². The molecule has 0 saturated carbocycles. The molecule has 1 saturated heterocycles. The van der Waals surface area contributed by atoms with Gasteiger partial charge >= 0.3 is 0 Å². The lowest BCUT2D eigenvalue weighted by Gasteiger charge is -2.32. The number of aryl methyl sites for hydroxylation is 1. The van der Waals surface area contributed by atoms with E-state index >= 15 is 0 Å². The maximum absolute atomic E-state index is 12.7. The van der Waals surface area contributed by atoms with Gasteiger partial charge in [0.1, 0.15) is 0 Å². The lowest BCUT2D eigenvalue weighted by atomic mass is 10.0. The standard InChI is InChI=1S/C20H20ClN3O4/c1-13-4-2-3-5-16(13)19(25)22-14-8-10-23(11-9-14)20(26)17-12-15(24(27)28)6-7-18(17)21/h2-7,12,14H,8-11H2,1H3,(H,22,25). The maximum Gasteiger partial charge on any atom is 0.270 e. The van der Waals surface area contributed by atoms with Crippen molar-refractivity contribution in [3.8, 4) is 0 Å². The van der Waals surface area contributed by atoms with Gasteiger partial charge in [0.2, 0.25) is 0 Å². The summed E-state index contributed by atoms with van der Waals surface area (Å²) in [4.78, 5) is 37.2. The number of hydrogen-bond donors (Lipinski definition) is 1. The molecule has 28 heavy (non-hydrogen) atoms. The Labute approximate surface area is 167 Å². The van der Waals surface area contributed by atoms with Crippen molar-refractivity contribution in [1.29, 1.82) is 0 Å². The number of rotatable bonds is 4. The zero-order chi connectivity index (χ0) is 20.3. The number of non-ortho nitro benzene ring substituents is 1. The zero-order valence-electron chi connectivity index (χ0n) is 15.4. The molecule has 1 N–H and O–H groups in total. The van der Waals surface area contributed by atoms with E-state index < -0.39 is 4.92 Å². The molecular weight excluding hydrogens is 382 g/mol. The van der Waals surface area contributed by atoms with Crippen LogP contribution in [0.2, 0.25) is 5.02 Å². The highest BCUT2D eigenvalue weighted by Gasteiger charge is 2.27. The van der Waals surface area contributed by atoms with Gasteiger partial charge in [0.15, 0.2) is 0 Å². The van der Waals surface area contributed by atoms with Crippen LogP contribution < -0.4 is 5.32 Å². The summed E-state index contributed by atoms with van der Waals surface area (Å²) in [6, 6.07) is 11.2. The highest BCUT2D eigenvalue weighted by molar-refractivity contribution is 6.33. The lowest BCUT2D eigenvalue weighted by Crippen LogP contribution is -2.46. The van der Waals surface area contributed by atoms with Crippen molar-refractivity contribution >= 4 is 29.1 Å². The summed E-state index contributed by atoms with van der Waals surface area (Å²) in [6.45, 7) is 2.77. The predicted molar refractivity (Wildman–Crippen MR) is 106 cm³/mol. The second-order valence-corrected chi connectivity index (χ2v) is 7.18. The monoisotopic (exact) mass is 401 g/mol. The molecule has 1 fully saturated rings. The van der Waals surface area contributed by atoms with E-state index in [1.807, 2.05) is 25.1 Å². The van der Waals surface area contributed by atoms with Gasteiger partial charge in [-0.3, -0.25) is 19.7 Å². The molecule has 0 aliphatic carbocycles. The number of benzene rings is 2. The molecule has 1 aliphatic rings. The van der Waals surface area contributed by atoms with Gasteiger partial charge in [-0.05, 0) is 37.5 Å². The van der Waals surface area contributed by atoms with Crippen LogP contribution in [0, 0.1) is 17.0 Å². The van der Waals surface area contributed by atoms with E-state index in [9.17, 15) is 19.7 Å². The Morgan fingerprint density at radius 2 is 1.82 bits per heavy atom. The third-order valence-electron chi connectivity index (χ3n) is 4.90. The van der Waals surface area contributed by atoms with Crippen LogP contribution in [0.1, 0.15) is 39.1 Å². The summed E-state index contributed by atoms with van der Waals surface area (Å²) in [7, 11) is 0. The van der Waals surface area contributed by atoms with Crippen molar-refractivity contribution < 1.29 is 14.5 Å². The van der Waals surface area contributed by atoms with Gasteiger partial charge in [0.25, 0.3) is 17.5 Å². The number of nitro benzene ring substituents is 1. The first-order chi connectivity index (χ1) is 13.4. The number of carbonyl (C=O) groups is 2. The topological polar surface area (TPSA) is 92.6 Å². The number of piperidine rings is 1. The molecule has 0 bridgehead atoms. The number of carbonyl (C=O) groups excluding carboxylic acids is 2. The number of likely N-dealkylation sites (tertiary alicyclic amines) is 1. The molecule has 0 aromatic heterocycles. The van der Waals surface area contributed by atoms with E-state index in [2.05, 4.69) is 5.32 Å². The molecule has 8 heteroatoms. The summed E-state index contributed by atoms with van der Waals surface area (Å²) < 4.78 is 0. The molecule has 3 rings (SSSR count). The quantitative estimate of drug-likeness (QED) is 0.625. The van der Waals surface area contributed by atoms with Crippen LogP contribution in [0.25, 0.3) is 0 Å². The minimum Gasteiger partial charge on any atom is -0.349 e. The number of halogens is 1. The van der Waals surface area contributed by atoms with Gasteiger partial charge in [-0.2, -0.15) is 0 Å². The van der Waals surface area contributed by atoms with E-state index in [1.54, 1.807) is 11.0 Å². The second-order valence-electron chi connectivity index (χ2n) is 6.78. The molecule has 0 unspecified atom stereocenters. The van der Waals surface area contributed by atoms with Crippen molar-refractivity contribution in [1.82, 2.24) is 10.2 Å². The molecule has 1 heterocycles. The Kier molecular flexibility index (Phi) is 5.94. The van der Waals surface area contributed by atoms with Crippen molar-refractivity contribution in [2.45, 2.75) is 25.8 Å². The first-order valence-corrected chi connectivity index (χ1v) is 9.34. The normalized spacial score (nSPS) is 14.6. The summed E-state index contributed by atoms with van der Waals surface area (Å²) in [5, 5.41) is 14.2. The van der Waals surface area contributed by atoms with Gasteiger partial charge in [-0.15, -0.1) is 0 Å². The smallest absolute Gasteiger partial charge is 0.270 e.